The number of aliphatic hydroxyl groups is 1. The predicted molar refractivity (Wildman–Crippen MR) is 193 cm³/mol. The number of hydrogen-bond donors (Lipinski definition) is 2. The van der Waals surface area contributed by atoms with Gasteiger partial charge in [0, 0.05) is 45.0 Å². The number of rotatable bonds is 8. The Morgan fingerprint density at radius 3 is 2.67 bits per heavy atom. The van der Waals surface area contributed by atoms with Crippen LogP contribution in [0.15, 0.2) is 30.5 Å². The lowest BCUT2D eigenvalue weighted by Gasteiger charge is -2.51. The standard InChI is InChI=1S/C39H46F2N6O5/c1-4-27-30(40)8-7-23-15-25(48)16-28(31(23)27)33-32(41)34-29(19-42-33)35(46-13-5-10-38(21-46)17-26(49)18-38)44-36(43-34)52-22-39-11-6-14-47(39)24(9-12-39)20-51-37(50)45(2)3/h7-8,15-16,19,24,26,48-49H,4-6,9-14,17-18,20-22H2,1-3H3/t24-,26?,38?,39?/m0/s1. The minimum absolute atomic E-state index is 0.0266. The molecule has 1 saturated carbocycles. The van der Waals surface area contributed by atoms with Crippen LogP contribution in [0, 0.1) is 17.0 Å². The number of phenolic OH excluding ortho intramolecular Hbond substituents is 1. The van der Waals surface area contributed by atoms with Crippen molar-refractivity contribution in [1.82, 2.24) is 24.8 Å². The highest BCUT2D eigenvalue weighted by Gasteiger charge is 2.50. The number of nitrogens with zero attached hydrogens (tertiary/aromatic N) is 6. The molecule has 0 radical (unpaired) electrons. The van der Waals surface area contributed by atoms with Crippen LogP contribution in [-0.4, -0.2) is 106 Å². The van der Waals surface area contributed by atoms with Gasteiger partial charge in [-0.2, -0.15) is 9.97 Å². The number of pyridine rings is 1. The molecule has 8 rings (SSSR count). The van der Waals surface area contributed by atoms with E-state index in [1.807, 2.05) is 6.92 Å². The van der Waals surface area contributed by atoms with Gasteiger partial charge in [0.2, 0.25) is 0 Å². The monoisotopic (exact) mass is 716 g/mol. The third-order valence-electron chi connectivity index (χ3n) is 12.0. The van der Waals surface area contributed by atoms with E-state index in [1.54, 1.807) is 26.4 Å². The van der Waals surface area contributed by atoms with Gasteiger partial charge in [-0.15, -0.1) is 0 Å². The molecule has 2 N–H and O–H groups in total. The summed E-state index contributed by atoms with van der Waals surface area (Å²) in [5.41, 5.74) is 0.364. The smallest absolute Gasteiger partial charge is 0.409 e. The second-order valence-corrected chi connectivity index (χ2v) is 15.5. The molecule has 5 heterocycles. The highest BCUT2D eigenvalue weighted by molar-refractivity contribution is 6.01. The van der Waals surface area contributed by atoms with Gasteiger partial charge in [0.1, 0.15) is 41.8 Å². The molecule has 3 aliphatic heterocycles. The number of aryl methyl sites for hydroxylation is 1. The van der Waals surface area contributed by atoms with Crippen LogP contribution in [0.4, 0.5) is 19.4 Å². The number of benzene rings is 2. The molecule has 2 aromatic heterocycles. The predicted octanol–water partition coefficient (Wildman–Crippen LogP) is 6.21. The highest BCUT2D eigenvalue weighted by Crippen LogP contribution is 2.49. The minimum atomic E-state index is -0.709. The van der Waals surface area contributed by atoms with Gasteiger partial charge in [0.05, 0.1) is 17.0 Å². The molecule has 4 fully saturated rings. The molecule has 1 spiro atoms. The van der Waals surface area contributed by atoms with E-state index >= 15 is 8.78 Å². The number of piperidine rings is 1. The van der Waals surface area contributed by atoms with Crippen molar-refractivity contribution in [3.63, 3.8) is 0 Å². The number of hydrogen-bond acceptors (Lipinski definition) is 10. The quantitative estimate of drug-likeness (QED) is 0.218. The van der Waals surface area contributed by atoms with Gasteiger partial charge in [0.15, 0.2) is 5.82 Å². The summed E-state index contributed by atoms with van der Waals surface area (Å²) in [6, 6.07) is 6.03. The molecule has 2 aromatic carbocycles. The van der Waals surface area contributed by atoms with E-state index in [9.17, 15) is 15.0 Å². The Balaban J connectivity index is 1.18. The fraction of sp³-hybridized carbons (Fsp3) is 0.538. The zero-order valence-corrected chi connectivity index (χ0v) is 30.0. The SMILES string of the molecule is CCc1c(F)ccc2cc(O)cc(-c3ncc4c(N5CCCC6(CC(O)C6)C5)nc(OCC56CCCN5[C@H](COC(=O)N(C)C)CC6)nc4c3F)c12. The summed E-state index contributed by atoms with van der Waals surface area (Å²) in [5.74, 6) is -0.675. The maximum absolute atomic E-state index is 17.1. The fourth-order valence-corrected chi connectivity index (χ4v) is 9.49. The molecular formula is C39H46F2N6O5. The van der Waals surface area contributed by atoms with Crippen molar-refractivity contribution in [2.24, 2.45) is 5.41 Å². The molecule has 2 atom stereocenters. The lowest BCUT2D eigenvalue weighted by atomic mass is 9.62. The van der Waals surface area contributed by atoms with Crippen molar-refractivity contribution in [2.75, 3.05) is 51.8 Å². The van der Waals surface area contributed by atoms with Gasteiger partial charge in [-0.25, -0.2) is 13.6 Å². The molecule has 52 heavy (non-hydrogen) atoms. The van der Waals surface area contributed by atoms with E-state index in [4.69, 9.17) is 14.5 Å². The molecule has 11 nitrogen and oxygen atoms in total. The summed E-state index contributed by atoms with van der Waals surface area (Å²) >= 11 is 0. The van der Waals surface area contributed by atoms with Crippen LogP contribution in [0.3, 0.4) is 0 Å². The second kappa shape index (κ2) is 13.2. The molecule has 0 bridgehead atoms. The van der Waals surface area contributed by atoms with Crippen molar-refractivity contribution in [1.29, 1.82) is 0 Å². The zero-order chi connectivity index (χ0) is 36.4. The number of phenols is 1. The number of amides is 1. The summed E-state index contributed by atoms with van der Waals surface area (Å²) in [6.07, 6.45) is 8.21. The van der Waals surface area contributed by atoms with Crippen LogP contribution in [0.25, 0.3) is 32.9 Å². The Morgan fingerprint density at radius 1 is 1.10 bits per heavy atom. The third kappa shape index (κ3) is 5.95. The van der Waals surface area contributed by atoms with Gasteiger partial charge >= 0.3 is 12.1 Å². The van der Waals surface area contributed by atoms with Gasteiger partial charge in [-0.05, 0) is 104 Å². The van der Waals surface area contributed by atoms with Gasteiger partial charge in [-0.3, -0.25) is 9.88 Å². The number of aromatic nitrogens is 3. The summed E-state index contributed by atoms with van der Waals surface area (Å²) < 4.78 is 44.2. The van der Waals surface area contributed by atoms with Crippen LogP contribution in [-0.2, 0) is 11.2 Å². The third-order valence-corrected chi connectivity index (χ3v) is 12.0. The molecule has 276 valence electrons. The van der Waals surface area contributed by atoms with Gasteiger partial charge < -0.3 is 29.5 Å². The van der Waals surface area contributed by atoms with Crippen LogP contribution in [0.1, 0.15) is 63.9 Å². The lowest BCUT2D eigenvalue weighted by molar-refractivity contribution is -0.0396. The first-order valence-electron chi connectivity index (χ1n) is 18.5. The number of ether oxygens (including phenoxy) is 2. The van der Waals surface area contributed by atoms with Crippen molar-refractivity contribution in [3.05, 3.63) is 47.7 Å². The number of aliphatic hydroxyl groups excluding tert-OH is 1. The first-order valence-corrected chi connectivity index (χ1v) is 18.5. The first kappa shape index (κ1) is 34.7. The average molecular weight is 717 g/mol. The Kier molecular flexibility index (Phi) is 8.84. The van der Waals surface area contributed by atoms with Crippen molar-refractivity contribution in [3.8, 4) is 23.0 Å². The van der Waals surface area contributed by atoms with E-state index in [0.29, 0.717) is 60.3 Å². The number of anilines is 1. The number of carbonyl (C=O) groups is 1. The number of aromatic hydroxyl groups is 1. The van der Waals surface area contributed by atoms with E-state index in [2.05, 4.69) is 19.8 Å². The molecular weight excluding hydrogens is 670 g/mol. The van der Waals surface area contributed by atoms with Crippen LogP contribution in [0.2, 0.25) is 0 Å². The summed E-state index contributed by atoms with van der Waals surface area (Å²) in [5, 5.41) is 22.4. The number of halogens is 2. The topological polar surface area (TPSA) is 124 Å². The molecule has 13 heteroatoms. The number of fused-ring (bicyclic) bond motifs is 3. The fourth-order valence-electron chi connectivity index (χ4n) is 9.49. The van der Waals surface area contributed by atoms with E-state index < -0.39 is 11.6 Å². The van der Waals surface area contributed by atoms with E-state index in [0.717, 1.165) is 57.9 Å². The minimum Gasteiger partial charge on any atom is -0.508 e. The Morgan fingerprint density at radius 2 is 1.90 bits per heavy atom. The summed E-state index contributed by atoms with van der Waals surface area (Å²) in [6.45, 7) is 4.66. The Labute approximate surface area is 301 Å². The Bertz CT molecular complexity index is 2030. The molecule has 4 aromatic rings. The van der Waals surface area contributed by atoms with E-state index in [1.165, 1.54) is 23.1 Å². The van der Waals surface area contributed by atoms with Crippen LogP contribution in [0.5, 0.6) is 11.8 Å². The highest BCUT2D eigenvalue weighted by atomic mass is 19.1. The lowest BCUT2D eigenvalue weighted by Crippen LogP contribution is -2.52. The molecule has 1 unspecified atom stereocenters. The average Bonchev–Trinajstić information content (AvgIpc) is 3.68. The maximum Gasteiger partial charge on any atom is 0.409 e. The largest absolute Gasteiger partial charge is 0.508 e. The first-order chi connectivity index (χ1) is 25.0. The van der Waals surface area contributed by atoms with Crippen LogP contribution >= 0.6 is 0 Å². The zero-order valence-electron chi connectivity index (χ0n) is 30.0. The molecule has 1 aliphatic carbocycles. The number of carbonyl (C=O) groups excluding carboxylic acids is 1. The molecule has 3 saturated heterocycles. The second-order valence-electron chi connectivity index (χ2n) is 15.5. The van der Waals surface area contributed by atoms with Crippen molar-refractivity contribution >= 4 is 33.6 Å². The van der Waals surface area contributed by atoms with Gasteiger partial charge in [0.25, 0.3) is 0 Å². The van der Waals surface area contributed by atoms with Crippen LogP contribution < -0.4 is 9.64 Å². The van der Waals surface area contributed by atoms with E-state index in [-0.39, 0.29) is 57.7 Å². The van der Waals surface area contributed by atoms with Gasteiger partial charge in [-0.1, -0.05) is 13.0 Å². The summed E-state index contributed by atoms with van der Waals surface area (Å²) in [7, 11) is 3.33. The Hall–Kier alpha value is -4.36. The summed E-state index contributed by atoms with van der Waals surface area (Å²) in [4.78, 5) is 32.3. The maximum atomic E-state index is 17.1. The van der Waals surface area contributed by atoms with Crippen molar-refractivity contribution in [2.45, 2.75) is 82.4 Å². The van der Waals surface area contributed by atoms with Crippen molar-refractivity contribution < 1.29 is 33.3 Å². The molecule has 1 amide bonds. The molecule has 4 aliphatic rings. The normalized spacial score (nSPS) is 25.8.